The summed E-state index contributed by atoms with van der Waals surface area (Å²) < 4.78 is 33.6. The molecule has 0 saturated heterocycles. The second-order valence-electron chi connectivity index (χ2n) is 5.90. The highest BCUT2D eigenvalue weighted by Crippen LogP contribution is 2.27. The minimum Gasteiger partial charge on any atom is -0.490 e. The number of hydrogen-bond acceptors (Lipinski definition) is 4. The van der Waals surface area contributed by atoms with Crippen molar-refractivity contribution in [2.45, 2.75) is 32.8 Å². The Bertz CT molecular complexity index is 788. The van der Waals surface area contributed by atoms with Gasteiger partial charge in [-0.2, -0.15) is 0 Å². The van der Waals surface area contributed by atoms with E-state index >= 15 is 0 Å². The number of hydrogen-bond donors (Lipinski definition) is 0. The van der Waals surface area contributed by atoms with Gasteiger partial charge in [0.25, 0.3) is 10.0 Å². The Balaban J connectivity index is 1.87. The maximum absolute atomic E-state index is 11.8. The molecule has 0 aliphatic carbocycles. The molecule has 1 aromatic carbocycles. The van der Waals surface area contributed by atoms with Crippen LogP contribution in [0.15, 0.2) is 47.0 Å². The molecule has 1 aromatic rings. The summed E-state index contributed by atoms with van der Waals surface area (Å²) in [6, 6.07) is 7.75. The summed E-state index contributed by atoms with van der Waals surface area (Å²) in [7, 11) is -3.38. The molecule has 0 N–H and O–H groups in total. The minimum atomic E-state index is -3.38. The van der Waals surface area contributed by atoms with Gasteiger partial charge in [-0.05, 0) is 42.7 Å². The molecule has 2 heterocycles. The molecule has 3 rings (SSSR count). The molecule has 0 fully saturated rings. The van der Waals surface area contributed by atoms with Crippen molar-refractivity contribution in [1.82, 2.24) is 4.90 Å². The first-order chi connectivity index (χ1) is 11.5. The lowest BCUT2D eigenvalue weighted by Gasteiger charge is -2.29. The van der Waals surface area contributed by atoms with Gasteiger partial charge in [-0.3, -0.25) is 0 Å². The molecule has 0 radical (unpaired) electrons. The molecular formula is C18H22N2O3S. The summed E-state index contributed by atoms with van der Waals surface area (Å²) in [5.74, 6) is 1.38. The van der Waals surface area contributed by atoms with Crippen LogP contribution in [0.25, 0.3) is 5.57 Å². The standard InChI is InChI=1S/C18H22N2O3S/c1-3-15(4-2)23-16-9-7-14(8-10-16)17-6-5-11-20-12-13-24(21,22)19-18(17)20/h5-11,15H,3-4,12-13H2,1-2H3. The molecular weight excluding hydrogens is 324 g/mol. The van der Waals surface area contributed by atoms with Crippen LogP contribution in [0, 0.1) is 0 Å². The number of amidine groups is 1. The summed E-state index contributed by atoms with van der Waals surface area (Å²) in [5.41, 5.74) is 1.74. The highest BCUT2D eigenvalue weighted by Gasteiger charge is 2.27. The topological polar surface area (TPSA) is 59.0 Å². The van der Waals surface area contributed by atoms with Crippen LogP contribution in [-0.2, 0) is 10.0 Å². The zero-order valence-electron chi connectivity index (χ0n) is 14.0. The van der Waals surface area contributed by atoms with Crippen molar-refractivity contribution in [3.63, 3.8) is 0 Å². The number of rotatable bonds is 5. The highest BCUT2D eigenvalue weighted by molar-refractivity contribution is 7.90. The molecule has 6 heteroatoms. The maximum Gasteiger partial charge on any atom is 0.256 e. The zero-order chi connectivity index (χ0) is 17.2. The third-order valence-corrected chi connectivity index (χ3v) is 5.39. The quantitative estimate of drug-likeness (QED) is 0.821. The predicted molar refractivity (Wildman–Crippen MR) is 96.5 cm³/mol. The number of ether oxygens (including phenoxy) is 1. The molecule has 24 heavy (non-hydrogen) atoms. The lowest BCUT2D eigenvalue weighted by atomic mass is 10.0. The molecule has 0 aromatic heterocycles. The first-order valence-electron chi connectivity index (χ1n) is 8.27. The van der Waals surface area contributed by atoms with Gasteiger partial charge in [0.05, 0.1) is 11.9 Å². The van der Waals surface area contributed by atoms with Gasteiger partial charge < -0.3 is 9.64 Å². The number of allylic oxidation sites excluding steroid dienone is 2. The van der Waals surface area contributed by atoms with Crippen LogP contribution in [0.1, 0.15) is 32.3 Å². The number of benzene rings is 1. The second kappa shape index (κ2) is 6.81. The summed E-state index contributed by atoms with van der Waals surface area (Å²) in [4.78, 5) is 1.88. The van der Waals surface area contributed by atoms with E-state index in [0.29, 0.717) is 12.4 Å². The van der Waals surface area contributed by atoms with E-state index in [1.165, 1.54) is 0 Å². The molecule has 0 bridgehead atoms. The van der Waals surface area contributed by atoms with Crippen LogP contribution in [0.4, 0.5) is 0 Å². The van der Waals surface area contributed by atoms with Crippen molar-refractivity contribution < 1.29 is 13.2 Å². The van der Waals surface area contributed by atoms with Crippen LogP contribution in [-0.4, -0.2) is 37.6 Å². The van der Waals surface area contributed by atoms with E-state index in [2.05, 4.69) is 18.2 Å². The normalized spacial score (nSPS) is 18.9. The summed E-state index contributed by atoms with van der Waals surface area (Å²) in [5, 5.41) is 0. The van der Waals surface area contributed by atoms with E-state index in [4.69, 9.17) is 4.74 Å². The highest BCUT2D eigenvalue weighted by atomic mass is 32.2. The van der Waals surface area contributed by atoms with E-state index in [1.807, 2.05) is 47.5 Å². The smallest absolute Gasteiger partial charge is 0.256 e. The van der Waals surface area contributed by atoms with Gasteiger partial charge in [0.1, 0.15) is 5.75 Å². The van der Waals surface area contributed by atoms with Crippen molar-refractivity contribution in [3.8, 4) is 5.75 Å². The SMILES string of the molecule is CCC(CC)Oc1ccc(C2=CC=CN3CCS(=O)(=O)N=C23)cc1. The van der Waals surface area contributed by atoms with Crippen molar-refractivity contribution in [1.29, 1.82) is 0 Å². The maximum atomic E-state index is 11.8. The van der Waals surface area contributed by atoms with Gasteiger partial charge >= 0.3 is 0 Å². The predicted octanol–water partition coefficient (Wildman–Crippen LogP) is 3.21. The monoisotopic (exact) mass is 346 g/mol. The van der Waals surface area contributed by atoms with Gasteiger partial charge in [0.15, 0.2) is 5.84 Å². The molecule has 0 saturated carbocycles. The number of sulfonamides is 1. The van der Waals surface area contributed by atoms with Gasteiger partial charge in [0, 0.05) is 18.3 Å². The van der Waals surface area contributed by atoms with Gasteiger partial charge in [-0.15, -0.1) is 4.40 Å². The van der Waals surface area contributed by atoms with Crippen molar-refractivity contribution in [3.05, 3.63) is 48.2 Å². The van der Waals surface area contributed by atoms with Gasteiger partial charge in [-0.25, -0.2) is 8.42 Å². The molecule has 2 aliphatic heterocycles. The molecule has 128 valence electrons. The Hall–Kier alpha value is -2.08. The molecule has 0 spiro atoms. The van der Waals surface area contributed by atoms with E-state index < -0.39 is 10.0 Å². The fourth-order valence-electron chi connectivity index (χ4n) is 2.80. The Kier molecular flexibility index (Phi) is 4.76. The van der Waals surface area contributed by atoms with Gasteiger partial charge in [-0.1, -0.05) is 26.0 Å². The molecule has 2 aliphatic rings. The third-order valence-electron chi connectivity index (χ3n) is 4.24. The van der Waals surface area contributed by atoms with E-state index in [0.717, 1.165) is 29.7 Å². The Labute approximate surface area is 143 Å². The van der Waals surface area contributed by atoms with Crippen LogP contribution < -0.4 is 4.74 Å². The molecule has 0 atom stereocenters. The molecule has 0 unspecified atom stereocenters. The number of nitrogens with zero attached hydrogens (tertiary/aromatic N) is 2. The third kappa shape index (κ3) is 3.53. The Morgan fingerprint density at radius 3 is 2.58 bits per heavy atom. The lowest BCUT2D eigenvalue weighted by Crippen LogP contribution is -2.37. The van der Waals surface area contributed by atoms with E-state index in [1.54, 1.807) is 0 Å². The summed E-state index contributed by atoms with van der Waals surface area (Å²) in [6.45, 7) is 4.65. The minimum absolute atomic E-state index is 0.0519. The number of fused-ring (bicyclic) bond motifs is 1. The first kappa shape index (κ1) is 16.8. The molecule has 5 nitrogen and oxygen atoms in total. The van der Waals surface area contributed by atoms with E-state index in [9.17, 15) is 8.42 Å². The average Bonchev–Trinajstić information content (AvgIpc) is 2.59. The largest absolute Gasteiger partial charge is 0.490 e. The fraction of sp³-hybridized carbons (Fsp3) is 0.389. The van der Waals surface area contributed by atoms with Crippen LogP contribution >= 0.6 is 0 Å². The van der Waals surface area contributed by atoms with E-state index in [-0.39, 0.29) is 11.9 Å². The van der Waals surface area contributed by atoms with Crippen LogP contribution in [0.5, 0.6) is 5.75 Å². The summed E-state index contributed by atoms with van der Waals surface area (Å²) >= 11 is 0. The first-order valence-corrected chi connectivity index (χ1v) is 9.88. The average molecular weight is 346 g/mol. The lowest BCUT2D eigenvalue weighted by molar-refractivity contribution is 0.193. The zero-order valence-corrected chi connectivity index (χ0v) is 14.8. The van der Waals surface area contributed by atoms with Crippen molar-refractivity contribution >= 4 is 21.4 Å². The second-order valence-corrected chi connectivity index (χ2v) is 7.65. The van der Waals surface area contributed by atoms with Crippen LogP contribution in [0.2, 0.25) is 0 Å². The van der Waals surface area contributed by atoms with Crippen molar-refractivity contribution in [2.24, 2.45) is 4.40 Å². The van der Waals surface area contributed by atoms with Crippen molar-refractivity contribution in [2.75, 3.05) is 12.3 Å². The van der Waals surface area contributed by atoms with Gasteiger partial charge in [0.2, 0.25) is 0 Å². The Morgan fingerprint density at radius 1 is 1.21 bits per heavy atom. The fourth-order valence-corrected chi connectivity index (χ4v) is 3.79. The molecule has 0 amide bonds. The van der Waals surface area contributed by atoms with Crippen LogP contribution in [0.3, 0.4) is 0 Å². The Morgan fingerprint density at radius 2 is 1.92 bits per heavy atom. The summed E-state index contributed by atoms with van der Waals surface area (Å²) in [6.07, 6.45) is 7.83.